The van der Waals surface area contributed by atoms with Gasteiger partial charge in [-0.1, -0.05) is 12.1 Å². The van der Waals surface area contributed by atoms with Gasteiger partial charge in [0.2, 0.25) is 16.4 Å². The third-order valence-electron chi connectivity index (χ3n) is 7.66. The van der Waals surface area contributed by atoms with Gasteiger partial charge in [-0.15, -0.1) is 0 Å². The molecule has 0 aliphatic carbocycles. The molecule has 0 saturated carbocycles. The molecule has 222 valence electrons. The fourth-order valence-corrected chi connectivity index (χ4v) is 6.16. The Bertz CT molecular complexity index is 1560. The number of benzene rings is 2. The molecule has 1 aliphatic heterocycles. The Balaban J connectivity index is 1.66. The third-order valence-corrected chi connectivity index (χ3v) is 9.48. The maximum atomic E-state index is 13.4. The van der Waals surface area contributed by atoms with Gasteiger partial charge in [0.15, 0.2) is 5.82 Å². The number of aromatic nitrogens is 2. The average Bonchev–Trinajstić information content (AvgIpc) is 3.13. The summed E-state index contributed by atoms with van der Waals surface area (Å²) in [5.41, 5.74) is 2.65. The molecule has 3 aromatic rings. The first-order chi connectivity index (χ1) is 20.1. The molecule has 1 unspecified atom stereocenters. The van der Waals surface area contributed by atoms with E-state index >= 15 is 0 Å². The lowest BCUT2D eigenvalue weighted by Gasteiger charge is -2.32. The number of amides is 1. The Labute approximate surface area is 246 Å². The van der Waals surface area contributed by atoms with Crippen molar-refractivity contribution in [1.82, 2.24) is 24.3 Å². The van der Waals surface area contributed by atoms with Crippen molar-refractivity contribution in [2.45, 2.75) is 49.6 Å². The van der Waals surface area contributed by atoms with Crippen LogP contribution in [-0.4, -0.2) is 61.0 Å². The molecule has 2 N–H and O–H groups in total. The normalized spacial score (nSPS) is 18.1. The van der Waals surface area contributed by atoms with E-state index in [9.17, 15) is 22.9 Å². The molecule has 12 heteroatoms. The number of nitrogens with zero attached hydrogens (tertiary/aromatic N) is 5. The van der Waals surface area contributed by atoms with Gasteiger partial charge in [0, 0.05) is 44.6 Å². The Morgan fingerprint density at radius 1 is 1.12 bits per heavy atom. The molecule has 0 spiro atoms. The largest absolute Gasteiger partial charge is 0.339 e. The van der Waals surface area contributed by atoms with Crippen molar-refractivity contribution in [3.63, 3.8) is 0 Å². The van der Waals surface area contributed by atoms with Crippen LogP contribution in [0.3, 0.4) is 0 Å². The lowest BCUT2D eigenvalue weighted by Crippen LogP contribution is -2.36. The van der Waals surface area contributed by atoms with E-state index in [4.69, 9.17) is 5.10 Å². The van der Waals surface area contributed by atoms with Crippen molar-refractivity contribution in [3.8, 4) is 6.07 Å². The van der Waals surface area contributed by atoms with E-state index in [0.29, 0.717) is 30.9 Å². The van der Waals surface area contributed by atoms with E-state index in [2.05, 4.69) is 21.6 Å². The van der Waals surface area contributed by atoms with Gasteiger partial charge in [-0.05, 0) is 80.8 Å². The second-order valence-corrected chi connectivity index (χ2v) is 12.8. The number of nitrogens with one attached hydrogen (secondary N) is 2. The van der Waals surface area contributed by atoms with E-state index in [1.807, 2.05) is 11.6 Å². The lowest BCUT2D eigenvalue weighted by molar-refractivity contribution is -0.108. The second kappa shape index (κ2) is 13.3. The molecule has 4 rings (SSSR count). The molecular formula is C30H36FN7O3S. The van der Waals surface area contributed by atoms with Crippen LogP contribution in [0.5, 0.6) is 0 Å². The highest BCUT2D eigenvalue weighted by Gasteiger charge is 2.37. The first kappa shape index (κ1) is 30.9. The molecule has 0 bridgehead atoms. The van der Waals surface area contributed by atoms with Crippen LogP contribution < -0.4 is 10.6 Å². The van der Waals surface area contributed by atoms with Gasteiger partial charge in [-0.3, -0.25) is 14.4 Å². The van der Waals surface area contributed by atoms with Crippen LogP contribution >= 0.6 is 0 Å². The molecule has 0 radical (unpaired) electrons. The number of rotatable bonds is 11. The number of carbonyl (C=O) groups excluding carboxylic acids is 1. The number of sulfonamides is 1. The average molecular weight is 594 g/mol. The van der Waals surface area contributed by atoms with Gasteiger partial charge in [-0.25, -0.2) is 17.1 Å². The van der Waals surface area contributed by atoms with Crippen LogP contribution in [0.15, 0.2) is 59.6 Å². The number of anilines is 2. The fourth-order valence-electron chi connectivity index (χ4n) is 5.26. The van der Waals surface area contributed by atoms with Crippen molar-refractivity contribution in [3.05, 3.63) is 77.4 Å². The standard InChI is InChI=1S/C30H36FN7O3S/c1-23-28(13-18-33-22-39)38(35-29(23)34-26-9-11-27(12-10-26)42(40,41)36(2)3)30(15-17-32)14-4-19-37(20-16-30)21-24-5-7-25(31)8-6-24/h5-13,18,22H,4,14-16,19-21H2,1-3H3,(H,33,39)(H,34,35)/b18-13-. The summed E-state index contributed by atoms with van der Waals surface area (Å²) in [6.45, 7) is 4.15. The van der Waals surface area contributed by atoms with Crippen LogP contribution in [-0.2, 0) is 26.9 Å². The second-order valence-electron chi connectivity index (χ2n) is 10.6. The predicted octanol–water partition coefficient (Wildman–Crippen LogP) is 4.34. The summed E-state index contributed by atoms with van der Waals surface area (Å²) >= 11 is 0. The first-order valence-electron chi connectivity index (χ1n) is 13.7. The number of likely N-dealkylation sites (tertiary alicyclic amines) is 1. The minimum absolute atomic E-state index is 0.181. The van der Waals surface area contributed by atoms with Crippen LogP contribution in [0.25, 0.3) is 6.08 Å². The number of hydrogen-bond acceptors (Lipinski definition) is 7. The fraction of sp³-hybridized carbons (Fsp3) is 0.367. The summed E-state index contributed by atoms with van der Waals surface area (Å²) in [6, 6.07) is 15.3. The summed E-state index contributed by atoms with van der Waals surface area (Å²) in [7, 11) is -0.590. The van der Waals surface area contributed by atoms with Gasteiger partial charge in [0.1, 0.15) is 5.82 Å². The van der Waals surface area contributed by atoms with Crippen molar-refractivity contribution < 1.29 is 17.6 Å². The summed E-state index contributed by atoms with van der Waals surface area (Å²) < 4.78 is 41.4. The molecular weight excluding hydrogens is 557 g/mol. The number of nitriles is 1. The van der Waals surface area contributed by atoms with Crippen molar-refractivity contribution in [1.29, 1.82) is 5.26 Å². The monoisotopic (exact) mass is 593 g/mol. The van der Waals surface area contributed by atoms with Crippen LogP contribution in [0.4, 0.5) is 15.9 Å². The SMILES string of the molecule is Cc1c(Nc2ccc(S(=O)(=O)N(C)C)cc2)nn(C2(CC#N)CCCN(Cc3ccc(F)cc3)CC2)c1/C=C\NC=O. The zero-order valence-electron chi connectivity index (χ0n) is 24.0. The molecule has 2 aromatic carbocycles. The molecule has 1 fully saturated rings. The summed E-state index contributed by atoms with van der Waals surface area (Å²) in [5, 5.41) is 20.7. The number of hydrogen-bond donors (Lipinski definition) is 2. The van der Waals surface area contributed by atoms with Crippen LogP contribution in [0.2, 0.25) is 0 Å². The minimum Gasteiger partial charge on any atom is -0.339 e. The molecule has 42 heavy (non-hydrogen) atoms. The Hall–Kier alpha value is -4.05. The maximum Gasteiger partial charge on any atom is 0.242 e. The Morgan fingerprint density at radius 2 is 1.83 bits per heavy atom. The topological polar surface area (TPSA) is 123 Å². The van der Waals surface area contributed by atoms with Crippen molar-refractivity contribution >= 4 is 34.0 Å². The maximum absolute atomic E-state index is 13.4. The zero-order chi connectivity index (χ0) is 30.3. The molecule has 1 aliphatic rings. The van der Waals surface area contributed by atoms with Gasteiger partial charge < -0.3 is 10.6 Å². The first-order valence-corrected chi connectivity index (χ1v) is 15.1. The van der Waals surface area contributed by atoms with E-state index in [1.165, 1.54) is 44.6 Å². The van der Waals surface area contributed by atoms with E-state index in [-0.39, 0.29) is 17.1 Å². The molecule has 1 amide bonds. The third kappa shape index (κ3) is 6.87. The molecule has 2 heterocycles. The quantitative estimate of drug-likeness (QED) is 0.317. The van der Waals surface area contributed by atoms with Crippen LogP contribution in [0.1, 0.15) is 42.5 Å². The predicted molar refractivity (Wildman–Crippen MR) is 160 cm³/mol. The summed E-state index contributed by atoms with van der Waals surface area (Å²) in [6.07, 6.45) is 6.37. The van der Waals surface area contributed by atoms with Gasteiger partial charge in [0.05, 0.1) is 28.6 Å². The molecule has 1 aromatic heterocycles. The highest BCUT2D eigenvalue weighted by molar-refractivity contribution is 7.89. The summed E-state index contributed by atoms with van der Waals surface area (Å²) in [5.74, 6) is 0.300. The smallest absolute Gasteiger partial charge is 0.242 e. The van der Waals surface area contributed by atoms with E-state index in [1.54, 1.807) is 30.3 Å². The van der Waals surface area contributed by atoms with Crippen molar-refractivity contribution in [2.24, 2.45) is 0 Å². The lowest BCUT2D eigenvalue weighted by atomic mass is 9.87. The van der Waals surface area contributed by atoms with Gasteiger partial charge in [0.25, 0.3) is 0 Å². The number of halogens is 1. The number of carbonyl (C=O) groups is 1. The molecule has 1 saturated heterocycles. The van der Waals surface area contributed by atoms with E-state index < -0.39 is 15.6 Å². The van der Waals surface area contributed by atoms with Crippen molar-refractivity contribution in [2.75, 3.05) is 32.5 Å². The minimum atomic E-state index is -3.56. The van der Waals surface area contributed by atoms with Crippen LogP contribution in [0, 0.1) is 24.1 Å². The summed E-state index contributed by atoms with van der Waals surface area (Å²) in [4.78, 5) is 13.5. The van der Waals surface area contributed by atoms with E-state index in [0.717, 1.165) is 47.1 Å². The highest BCUT2D eigenvalue weighted by Crippen LogP contribution is 2.38. The van der Waals surface area contributed by atoms with Gasteiger partial charge in [-0.2, -0.15) is 10.4 Å². The zero-order valence-corrected chi connectivity index (χ0v) is 24.9. The Morgan fingerprint density at radius 3 is 2.48 bits per heavy atom. The Kier molecular flexibility index (Phi) is 9.78. The molecule has 1 atom stereocenters. The molecule has 10 nitrogen and oxygen atoms in total. The van der Waals surface area contributed by atoms with Gasteiger partial charge >= 0.3 is 0 Å². The highest BCUT2D eigenvalue weighted by atomic mass is 32.2.